The Morgan fingerprint density at radius 2 is 2.12 bits per heavy atom. The summed E-state index contributed by atoms with van der Waals surface area (Å²) in [7, 11) is 0. The summed E-state index contributed by atoms with van der Waals surface area (Å²) in [5, 5.41) is 13.8. The molecule has 0 saturated heterocycles. The van der Waals surface area contributed by atoms with Crippen molar-refractivity contribution in [3.8, 4) is 0 Å². The van der Waals surface area contributed by atoms with Gasteiger partial charge in [0.25, 0.3) is 5.69 Å². The smallest absolute Gasteiger partial charge is 0.269 e. The molecule has 1 amide bonds. The fourth-order valence-corrected chi connectivity index (χ4v) is 3.11. The zero-order valence-electron chi connectivity index (χ0n) is 13.7. The van der Waals surface area contributed by atoms with Gasteiger partial charge in [0.15, 0.2) is 0 Å². The second-order valence-corrected chi connectivity index (χ2v) is 6.17. The van der Waals surface area contributed by atoms with Gasteiger partial charge in [-0.25, -0.2) is 0 Å². The van der Waals surface area contributed by atoms with Crippen LogP contribution in [0.3, 0.4) is 0 Å². The molecule has 3 rings (SSSR count). The number of hydrogen-bond acceptors (Lipinski definition) is 4. The van der Waals surface area contributed by atoms with E-state index in [1.807, 2.05) is 43.0 Å². The third kappa shape index (κ3) is 3.22. The molecule has 0 spiro atoms. The number of aryl methyl sites for hydroxylation is 1. The Morgan fingerprint density at radius 3 is 2.83 bits per heavy atom. The first-order valence-electron chi connectivity index (χ1n) is 7.84. The highest BCUT2D eigenvalue weighted by molar-refractivity contribution is 5.94. The maximum absolute atomic E-state index is 12.3. The first kappa shape index (κ1) is 16.0. The fraction of sp³-hybridized carbons (Fsp3) is 0.278. The molecule has 1 aliphatic heterocycles. The molecule has 0 bridgehead atoms. The number of carbonyl (C=O) groups excluding carboxylic acids is 1. The van der Waals surface area contributed by atoms with Crippen LogP contribution in [0.5, 0.6) is 0 Å². The number of nitro benzene ring substituents is 1. The van der Waals surface area contributed by atoms with E-state index < -0.39 is 4.92 Å². The standard InChI is InChI=1S/C18H19N3O3/c1-12-4-3-5-15(8-12)19-18(22)11-20-13(2)9-14-10-16(21(23)24)6-7-17(14)20/h3-8,10,13H,9,11H2,1-2H3,(H,19,22). The maximum Gasteiger partial charge on any atom is 0.269 e. The van der Waals surface area contributed by atoms with E-state index in [1.165, 1.54) is 6.07 Å². The van der Waals surface area contributed by atoms with E-state index in [0.717, 1.165) is 22.5 Å². The fourth-order valence-electron chi connectivity index (χ4n) is 3.11. The minimum Gasteiger partial charge on any atom is -0.359 e. The molecule has 1 N–H and O–H groups in total. The van der Waals surface area contributed by atoms with Crippen LogP contribution in [-0.4, -0.2) is 23.4 Å². The molecule has 6 heteroatoms. The number of nitro groups is 1. The molecule has 1 atom stereocenters. The second-order valence-electron chi connectivity index (χ2n) is 6.17. The first-order chi connectivity index (χ1) is 11.4. The number of rotatable bonds is 4. The number of carbonyl (C=O) groups is 1. The number of nitrogens with one attached hydrogen (secondary N) is 1. The molecule has 0 aliphatic carbocycles. The third-order valence-electron chi connectivity index (χ3n) is 4.25. The largest absolute Gasteiger partial charge is 0.359 e. The average Bonchev–Trinajstić information content (AvgIpc) is 2.82. The molecule has 24 heavy (non-hydrogen) atoms. The van der Waals surface area contributed by atoms with Crippen LogP contribution in [0.25, 0.3) is 0 Å². The summed E-state index contributed by atoms with van der Waals surface area (Å²) in [4.78, 5) is 24.8. The maximum atomic E-state index is 12.3. The Bertz CT molecular complexity index is 804. The van der Waals surface area contributed by atoms with Crippen LogP contribution in [-0.2, 0) is 11.2 Å². The van der Waals surface area contributed by atoms with Crippen LogP contribution in [0, 0.1) is 17.0 Å². The van der Waals surface area contributed by atoms with Gasteiger partial charge in [0.2, 0.25) is 5.91 Å². The van der Waals surface area contributed by atoms with E-state index in [4.69, 9.17) is 0 Å². The van der Waals surface area contributed by atoms with E-state index in [2.05, 4.69) is 5.32 Å². The topological polar surface area (TPSA) is 75.5 Å². The van der Waals surface area contributed by atoms with Crippen molar-refractivity contribution in [3.63, 3.8) is 0 Å². The van der Waals surface area contributed by atoms with Gasteiger partial charge in [0.05, 0.1) is 11.5 Å². The predicted octanol–water partition coefficient (Wildman–Crippen LogP) is 3.29. The number of hydrogen-bond donors (Lipinski definition) is 1. The molecular weight excluding hydrogens is 306 g/mol. The summed E-state index contributed by atoms with van der Waals surface area (Å²) in [5.41, 5.74) is 3.76. The summed E-state index contributed by atoms with van der Waals surface area (Å²) < 4.78 is 0. The van der Waals surface area contributed by atoms with E-state index >= 15 is 0 Å². The van der Waals surface area contributed by atoms with Crippen LogP contribution in [0.15, 0.2) is 42.5 Å². The lowest BCUT2D eigenvalue weighted by atomic mass is 10.1. The van der Waals surface area contributed by atoms with Gasteiger partial charge in [-0.15, -0.1) is 0 Å². The van der Waals surface area contributed by atoms with Gasteiger partial charge in [-0.05, 0) is 49.6 Å². The van der Waals surface area contributed by atoms with Crippen molar-refractivity contribution >= 4 is 23.0 Å². The molecule has 124 valence electrons. The van der Waals surface area contributed by atoms with Crippen LogP contribution < -0.4 is 10.2 Å². The van der Waals surface area contributed by atoms with E-state index in [-0.39, 0.29) is 24.2 Å². The third-order valence-corrected chi connectivity index (χ3v) is 4.25. The van der Waals surface area contributed by atoms with E-state index in [9.17, 15) is 14.9 Å². The number of non-ortho nitro benzene ring substituents is 1. The van der Waals surface area contributed by atoms with Crippen molar-refractivity contribution in [2.45, 2.75) is 26.3 Å². The molecule has 0 aromatic heterocycles. The van der Waals surface area contributed by atoms with Crippen molar-refractivity contribution in [1.82, 2.24) is 0 Å². The molecule has 1 unspecified atom stereocenters. The molecule has 6 nitrogen and oxygen atoms in total. The van der Waals surface area contributed by atoms with Gasteiger partial charge in [0.1, 0.15) is 0 Å². The lowest BCUT2D eigenvalue weighted by molar-refractivity contribution is -0.384. The van der Waals surface area contributed by atoms with Gasteiger partial charge in [-0.1, -0.05) is 12.1 Å². The Morgan fingerprint density at radius 1 is 1.33 bits per heavy atom. The highest BCUT2D eigenvalue weighted by Gasteiger charge is 2.29. The first-order valence-corrected chi connectivity index (χ1v) is 7.84. The summed E-state index contributed by atoms with van der Waals surface area (Å²) >= 11 is 0. The second kappa shape index (κ2) is 6.31. The molecule has 0 radical (unpaired) electrons. The summed E-state index contributed by atoms with van der Waals surface area (Å²) in [5.74, 6) is -0.0985. The quantitative estimate of drug-likeness (QED) is 0.691. The van der Waals surface area contributed by atoms with Crippen LogP contribution in [0.2, 0.25) is 0 Å². The van der Waals surface area contributed by atoms with Gasteiger partial charge < -0.3 is 10.2 Å². The zero-order chi connectivity index (χ0) is 17.3. The average molecular weight is 325 g/mol. The Balaban J connectivity index is 1.74. The zero-order valence-corrected chi connectivity index (χ0v) is 13.7. The van der Waals surface area contributed by atoms with Crippen molar-refractivity contribution in [2.75, 3.05) is 16.8 Å². The van der Waals surface area contributed by atoms with Gasteiger partial charge in [-0.2, -0.15) is 0 Å². The van der Waals surface area contributed by atoms with Gasteiger partial charge >= 0.3 is 0 Å². The van der Waals surface area contributed by atoms with E-state index in [1.54, 1.807) is 12.1 Å². The predicted molar refractivity (Wildman–Crippen MR) is 93.4 cm³/mol. The Hall–Kier alpha value is -2.89. The summed E-state index contributed by atoms with van der Waals surface area (Å²) in [6.45, 7) is 4.22. The highest BCUT2D eigenvalue weighted by Crippen LogP contribution is 2.34. The Labute approximate surface area is 140 Å². The molecular formula is C18H19N3O3. The summed E-state index contributed by atoms with van der Waals surface area (Å²) in [6.07, 6.45) is 0.703. The lowest BCUT2D eigenvalue weighted by Crippen LogP contribution is -2.37. The minimum absolute atomic E-state index is 0.0898. The van der Waals surface area contributed by atoms with Crippen molar-refractivity contribution in [2.24, 2.45) is 0 Å². The minimum atomic E-state index is -0.391. The van der Waals surface area contributed by atoms with Crippen LogP contribution in [0.1, 0.15) is 18.1 Å². The molecule has 2 aromatic rings. The number of benzene rings is 2. The van der Waals surface area contributed by atoms with Crippen molar-refractivity contribution < 1.29 is 9.72 Å². The lowest BCUT2D eigenvalue weighted by Gasteiger charge is -2.24. The SMILES string of the molecule is Cc1cccc(NC(=O)CN2c3ccc([N+](=O)[O-])cc3CC2C)c1. The number of anilines is 2. The van der Waals surface area contributed by atoms with E-state index in [0.29, 0.717) is 6.42 Å². The van der Waals surface area contributed by atoms with Crippen molar-refractivity contribution in [1.29, 1.82) is 0 Å². The number of amides is 1. The van der Waals surface area contributed by atoms with Crippen LogP contribution in [0.4, 0.5) is 17.1 Å². The molecule has 0 saturated carbocycles. The molecule has 1 heterocycles. The molecule has 2 aromatic carbocycles. The Kier molecular flexibility index (Phi) is 4.20. The van der Waals surface area contributed by atoms with Gasteiger partial charge in [0, 0.05) is 29.5 Å². The van der Waals surface area contributed by atoms with Crippen molar-refractivity contribution in [3.05, 3.63) is 63.7 Å². The summed E-state index contributed by atoms with van der Waals surface area (Å²) in [6, 6.07) is 12.6. The van der Waals surface area contributed by atoms with Crippen LogP contribution >= 0.6 is 0 Å². The normalized spacial score (nSPS) is 15.9. The molecule has 0 fully saturated rings. The monoisotopic (exact) mass is 325 g/mol. The number of fused-ring (bicyclic) bond motifs is 1. The number of nitrogens with zero attached hydrogens (tertiary/aromatic N) is 2. The van der Waals surface area contributed by atoms with Gasteiger partial charge in [-0.3, -0.25) is 14.9 Å². The molecule has 1 aliphatic rings. The highest BCUT2D eigenvalue weighted by atomic mass is 16.6.